The number of carbonyl (C=O) groups is 2. The minimum atomic E-state index is -0.289. The molecule has 1 heterocycles. The zero-order chi connectivity index (χ0) is 19.7. The van der Waals surface area contributed by atoms with Crippen LogP contribution in [-0.2, 0) is 6.54 Å². The average molecular weight is 381 g/mol. The summed E-state index contributed by atoms with van der Waals surface area (Å²) >= 11 is 0. The first-order valence-electron chi connectivity index (χ1n) is 9.57. The molecule has 6 heteroatoms. The van der Waals surface area contributed by atoms with Gasteiger partial charge in [-0.15, -0.1) is 0 Å². The number of aryl methyl sites for hydroxylation is 1. The van der Waals surface area contributed by atoms with E-state index in [0.717, 1.165) is 42.6 Å². The predicted molar refractivity (Wildman–Crippen MR) is 104 cm³/mol. The standard InChI is InChI=1S/C22H24FN3O2/c1-15-2-6-17(7-3-15)20(27)26-13-22(14-26)10-19(11-22)25-21(28)24-12-16-4-8-18(23)9-5-16/h2-9,19H,10-14H2,1H3,(H2,24,25,28). The number of benzene rings is 2. The fourth-order valence-corrected chi connectivity index (χ4v) is 4.15. The highest BCUT2D eigenvalue weighted by Gasteiger charge is 2.54. The lowest BCUT2D eigenvalue weighted by molar-refractivity contribution is -0.0585. The molecule has 146 valence electrons. The second-order valence-electron chi connectivity index (χ2n) is 8.09. The van der Waals surface area contributed by atoms with Gasteiger partial charge in [0, 0.05) is 36.7 Å². The number of hydrogen-bond acceptors (Lipinski definition) is 2. The minimum Gasteiger partial charge on any atom is -0.337 e. The Hall–Kier alpha value is -2.89. The highest BCUT2D eigenvalue weighted by molar-refractivity contribution is 5.95. The van der Waals surface area contributed by atoms with Gasteiger partial charge in [-0.2, -0.15) is 0 Å². The Morgan fingerprint density at radius 1 is 1.07 bits per heavy atom. The van der Waals surface area contributed by atoms with Crippen LogP contribution in [-0.4, -0.2) is 36.0 Å². The highest BCUT2D eigenvalue weighted by Crippen LogP contribution is 2.48. The predicted octanol–water partition coefficient (Wildman–Crippen LogP) is 3.24. The second-order valence-corrected chi connectivity index (χ2v) is 8.09. The zero-order valence-electron chi connectivity index (χ0n) is 15.9. The fourth-order valence-electron chi connectivity index (χ4n) is 4.15. The number of nitrogens with one attached hydrogen (secondary N) is 2. The van der Waals surface area contributed by atoms with E-state index in [2.05, 4.69) is 10.6 Å². The Morgan fingerprint density at radius 2 is 1.71 bits per heavy atom. The van der Waals surface area contributed by atoms with Crippen LogP contribution in [0.4, 0.5) is 9.18 Å². The van der Waals surface area contributed by atoms with Gasteiger partial charge >= 0.3 is 6.03 Å². The molecule has 1 aliphatic heterocycles. The van der Waals surface area contributed by atoms with Crippen LogP contribution in [0.15, 0.2) is 48.5 Å². The van der Waals surface area contributed by atoms with Crippen LogP contribution < -0.4 is 10.6 Å². The number of amides is 3. The third kappa shape index (κ3) is 3.86. The Balaban J connectivity index is 1.18. The van der Waals surface area contributed by atoms with Crippen molar-refractivity contribution in [2.75, 3.05) is 13.1 Å². The molecule has 2 aromatic rings. The van der Waals surface area contributed by atoms with Gasteiger partial charge in [0.1, 0.15) is 5.82 Å². The molecule has 5 nitrogen and oxygen atoms in total. The van der Waals surface area contributed by atoms with Crippen LogP contribution in [0, 0.1) is 18.2 Å². The Labute approximate surface area is 163 Å². The van der Waals surface area contributed by atoms with E-state index in [0.29, 0.717) is 6.54 Å². The molecule has 4 rings (SSSR count). The van der Waals surface area contributed by atoms with Crippen LogP contribution in [0.3, 0.4) is 0 Å². The molecule has 2 aliphatic rings. The second kappa shape index (κ2) is 7.26. The summed E-state index contributed by atoms with van der Waals surface area (Å²) < 4.78 is 12.9. The van der Waals surface area contributed by atoms with E-state index in [-0.39, 0.29) is 29.2 Å². The van der Waals surface area contributed by atoms with Crippen molar-refractivity contribution >= 4 is 11.9 Å². The summed E-state index contributed by atoms with van der Waals surface area (Å²) in [5.74, 6) is -0.206. The lowest BCUT2D eigenvalue weighted by Crippen LogP contribution is -2.67. The monoisotopic (exact) mass is 381 g/mol. The molecule has 1 spiro atoms. The zero-order valence-corrected chi connectivity index (χ0v) is 15.9. The highest BCUT2D eigenvalue weighted by atomic mass is 19.1. The van der Waals surface area contributed by atoms with Gasteiger partial charge in [0.05, 0.1) is 0 Å². The van der Waals surface area contributed by atoms with Crippen molar-refractivity contribution in [3.05, 3.63) is 71.0 Å². The maximum absolute atomic E-state index is 12.9. The van der Waals surface area contributed by atoms with E-state index in [1.165, 1.54) is 12.1 Å². The lowest BCUT2D eigenvalue weighted by atomic mass is 9.60. The van der Waals surface area contributed by atoms with Crippen molar-refractivity contribution in [2.45, 2.75) is 32.4 Å². The molecule has 0 bridgehead atoms. The first-order chi connectivity index (χ1) is 13.4. The molecule has 1 saturated heterocycles. The van der Waals surface area contributed by atoms with E-state index >= 15 is 0 Å². The van der Waals surface area contributed by atoms with Crippen molar-refractivity contribution in [3.63, 3.8) is 0 Å². The molecular formula is C22H24FN3O2. The first kappa shape index (κ1) is 18.5. The van der Waals surface area contributed by atoms with Crippen LogP contribution in [0.5, 0.6) is 0 Å². The summed E-state index contributed by atoms with van der Waals surface area (Å²) in [6.45, 7) is 3.89. The first-order valence-corrected chi connectivity index (χ1v) is 9.57. The van der Waals surface area contributed by atoms with Gasteiger partial charge in [0.2, 0.25) is 0 Å². The smallest absolute Gasteiger partial charge is 0.315 e. The summed E-state index contributed by atoms with van der Waals surface area (Å²) in [5.41, 5.74) is 2.89. The topological polar surface area (TPSA) is 61.4 Å². The van der Waals surface area contributed by atoms with Gasteiger partial charge in [0.25, 0.3) is 5.91 Å². The van der Waals surface area contributed by atoms with Crippen LogP contribution in [0.2, 0.25) is 0 Å². The fraction of sp³-hybridized carbons (Fsp3) is 0.364. The van der Waals surface area contributed by atoms with Gasteiger partial charge < -0.3 is 15.5 Å². The lowest BCUT2D eigenvalue weighted by Gasteiger charge is -2.59. The normalized spacial score (nSPS) is 17.6. The number of likely N-dealkylation sites (tertiary alicyclic amines) is 1. The van der Waals surface area contributed by atoms with E-state index in [9.17, 15) is 14.0 Å². The van der Waals surface area contributed by atoms with E-state index in [1.54, 1.807) is 12.1 Å². The van der Waals surface area contributed by atoms with Gasteiger partial charge in [-0.3, -0.25) is 4.79 Å². The summed E-state index contributed by atoms with van der Waals surface area (Å²) in [4.78, 5) is 26.4. The van der Waals surface area contributed by atoms with Crippen molar-refractivity contribution in [1.29, 1.82) is 0 Å². The maximum Gasteiger partial charge on any atom is 0.315 e. The van der Waals surface area contributed by atoms with Gasteiger partial charge in [0.15, 0.2) is 0 Å². The summed E-state index contributed by atoms with van der Waals surface area (Å²) in [6.07, 6.45) is 1.79. The summed E-state index contributed by atoms with van der Waals surface area (Å²) in [7, 11) is 0. The molecule has 3 amide bonds. The van der Waals surface area contributed by atoms with E-state index < -0.39 is 0 Å². The van der Waals surface area contributed by atoms with Gasteiger partial charge in [-0.05, 0) is 49.6 Å². The third-order valence-corrected chi connectivity index (χ3v) is 5.70. The molecule has 0 aromatic heterocycles. The quantitative estimate of drug-likeness (QED) is 0.854. The summed E-state index contributed by atoms with van der Waals surface area (Å²) in [6, 6.07) is 13.7. The molecule has 0 radical (unpaired) electrons. The number of halogens is 1. The van der Waals surface area contributed by atoms with Gasteiger partial charge in [-0.1, -0.05) is 29.8 Å². The van der Waals surface area contributed by atoms with Crippen LogP contribution >= 0.6 is 0 Å². The molecule has 0 atom stereocenters. The number of carbonyl (C=O) groups excluding carboxylic acids is 2. The summed E-state index contributed by atoms with van der Waals surface area (Å²) in [5, 5.41) is 5.77. The van der Waals surface area contributed by atoms with Gasteiger partial charge in [-0.25, -0.2) is 9.18 Å². The van der Waals surface area contributed by atoms with Crippen molar-refractivity contribution in [1.82, 2.24) is 15.5 Å². The Bertz CT molecular complexity index is 866. The van der Waals surface area contributed by atoms with Crippen molar-refractivity contribution < 1.29 is 14.0 Å². The molecule has 1 aliphatic carbocycles. The molecule has 2 aromatic carbocycles. The molecular weight excluding hydrogens is 357 g/mol. The Morgan fingerprint density at radius 3 is 2.36 bits per heavy atom. The maximum atomic E-state index is 12.9. The number of rotatable bonds is 4. The SMILES string of the molecule is Cc1ccc(C(=O)N2CC3(CC(NC(=O)NCc4ccc(F)cc4)C3)C2)cc1. The number of hydrogen-bond donors (Lipinski definition) is 2. The van der Waals surface area contributed by atoms with E-state index in [1.807, 2.05) is 36.1 Å². The molecule has 1 saturated carbocycles. The molecule has 2 fully saturated rings. The average Bonchev–Trinajstić information content (AvgIpc) is 2.62. The largest absolute Gasteiger partial charge is 0.337 e. The van der Waals surface area contributed by atoms with Crippen molar-refractivity contribution in [2.24, 2.45) is 5.41 Å². The minimum absolute atomic E-state index is 0.0825. The third-order valence-electron chi connectivity index (χ3n) is 5.70. The molecule has 28 heavy (non-hydrogen) atoms. The van der Waals surface area contributed by atoms with E-state index in [4.69, 9.17) is 0 Å². The Kier molecular flexibility index (Phi) is 4.79. The van der Waals surface area contributed by atoms with Crippen LogP contribution in [0.1, 0.15) is 34.3 Å². The molecule has 0 unspecified atom stereocenters. The molecule has 2 N–H and O–H groups in total. The number of nitrogens with zero attached hydrogens (tertiary/aromatic N) is 1. The number of urea groups is 1. The van der Waals surface area contributed by atoms with Crippen LogP contribution in [0.25, 0.3) is 0 Å². The van der Waals surface area contributed by atoms with Crippen molar-refractivity contribution in [3.8, 4) is 0 Å².